The van der Waals surface area contributed by atoms with Crippen molar-refractivity contribution in [3.05, 3.63) is 28.2 Å². The van der Waals surface area contributed by atoms with Crippen LogP contribution in [-0.2, 0) is 4.79 Å². The molecule has 1 fully saturated rings. The highest BCUT2D eigenvalue weighted by Crippen LogP contribution is 2.42. The third-order valence-electron chi connectivity index (χ3n) is 4.16. The van der Waals surface area contributed by atoms with Gasteiger partial charge in [0.25, 0.3) is 0 Å². The summed E-state index contributed by atoms with van der Waals surface area (Å²) in [5.41, 5.74) is 1.91. The molecular formula is C15H20BrNO. The van der Waals surface area contributed by atoms with Crippen molar-refractivity contribution in [3.63, 3.8) is 0 Å². The molecule has 0 atom stereocenters. The van der Waals surface area contributed by atoms with Gasteiger partial charge in [-0.25, -0.2) is 0 Å². The molecule has 0 bridgehead atoms. The van der Waals surface area contributed by atoms with Crippen LogP contribution in [0.2, 0.25) is 0 Å². The van der Waals surface area contributed by atoms with Gasteiger partial charge in [-0.3, -0.25) is 4.79 Å². The first-order valence-electron chi connectivity index (χ1n) is 6.65. The van der Waals surface area contributed by atoms with Gasteiger partial charge >= 0.3 is 0 Å². The number of amides is 1. The molecule has 0 unspecified atom stereocenters. The topological polar surface area (TPSA) is 29.1 Å². The van der Waals surface area contributed by atoms with Crippen LogP contribution in [0.5, 0.6) is 0 Å². The van der Waals surface area contributed by atoms with Crippen LogP contribution in [0.25, 0.3) is 0 Å². The highest BCUT2D eigenvalue weighted by Gasteiger charge is 2.39. The summed E-state index contributed by atoms with van der Waals surface area (Å²) in [6, 6.07) is 5.97. The van der Waals surface area contributed by atoms with Gasteiger partial charge in [-0.2, -0.15) is 0 Å². The third-order valence-corrected chi connectivity index (χ3v) is 4.65. The molecule has 3 heteroatoms. The van der Waals surface area contributed by atoms with E-state index >= 15 is 0 Å². The first kappa shape index (κ1) is 13.6. The van der Waals surface area contributed by atoms with E-state index in [1.807, 2.05) is 25.1 Å². The number of nitrogens with one attached hydrogen (secondary N) is 1. The van der Waals surface area contributed by atoms with Crippen LogP contribution in [0, 0.1) is 12.3 Å². The van der Waals surface area contributed by atoms with Crippen molar-refractivity contribution < 1.29 is 4.79 Å². The molecule has 2 rings (SSSR count). The molecule has 0 radical (unpaired) electrons. The van der Waals surface area contributed by atoms with Crippen LogP contribution in [0.3, 0.4) is 0 Å². The largest absolute Gasteiger partial charge is 0.325 e. The zero-order chi connectivity index (χ0) is 13.2. The maximum atomic E-state index is 12.5. The number of rotatable bonds is 3. The van der Waals surface area contributed by atoms with Crippen LogP contribution in [0.1, 0.15) is 44.6 Å². The van der Waals surface area contributed by atoms with Gasteiger partial charge in [0.15, 0.2) is 0 Å². The van der Waals surface area contributed by atoms with Gasteiger partial charge in [-0.15, -0.1) is 0 Å². The van der Waals surface area contributed by atoms with E-state index in [0.29, 0.717) is 0 Å². The van der Waals surface area contributed by atoms with Crippen molar-refractivity contribution in [2.24, 2.45) is 5.41 Å². The Bertz CT molecular complexity index is 450. The fourth-order valence-corrected chi connectivity index (χ4v) is 3.29. The summed E-state index contributed by atoms with van der Waals surface area (Å²) < 4.78 is 1.05. The first-order valence-corrected chi connectivity index (χ1v) is 7.44. The Morgan fingerprint density at radius 2 is 2.06 bits per heavy atom. The summed E-state index contributed by atoms with van der Waals surface area (Å²) in [4.78, 5) is 12.5. The van der Waals surface area contributed by atoms with Gasteiger partial charge < -0.3 is 5.32 Å². The lowest BCUT2D eigenvalue weighted by Crippen LogP contribution is -2.33. The maximum absolute atomic E-state index is 12.5. The van der Waals surface area contributed by atoms with E-state index in [9.17, 15) is 4.79 Å². The highest BCUT2D eigenvalue weighted by molar-refractivity contribution is 9.10. The van der Waals surface area contributed by atoms with Crippen molar-refractivity contribution in [3.8, 4) is 0 Å². The summed E-state index contributed by atoms with van der Waals surface area (Å²) in [5.74, 6) is 0.202. The van der Waals surface area contributed by atoms with E-state index in [4.69, 9.17) is 0 Å². The number of aryl methyl sites for hydroxylation is 1. The van der Waals surface area contributed by atoms with E-state index in [1.165, 1.54) is 12.8 Å². The Balaban J connectivity index is 2.15. The fourth-order valence-electron chi connectivity index (χ4n) is 2.82. The molecule has 98 valence electrons. The van der Waals surface area contributed by atoms with E-state index in [2.05, 4.69) is 28.2 Å². The monoisotopic (exact) mass is 309 g/mol. The van der Waals surface area contributed by atoms with Gasteiger partial charge in [0.1, 0.15) is 0 Å². The number of carbonyl (C=O) groups excluding carboxylic acids is 1. The van der Waals surface area contributed by atoms with Gasteiger partial charge in [0.2, 0.25) is 5.91 Å². The Hall–Kier alpha value is -0.830. The smallest absolute Gasteiger partial charge is 0.230 e. The number of halogens is 1. The Kier molecular flexibility index (Phi) is 4.10. The number of anilines is 1. The lowest BCUT2D eigenvalue weighted by molar-refractivity contribution is -0.125. The summed E-state index contributed by atoms with van der Waals surface area (Å²) in [5, 5.41) is 3.11. The lowest BCUT2D eigenvalue weighted by atomic mass is 9.82. The van der Waals surface area contributed by atoms with Crippen LogP contribution in [0.15, 0.2) is 22.7 Å². The van der Waals surface area contributed by atoms with Crippen LogP contribution in [-0.4, -0.2) is 5.91 Å². The second-order valence-corrected chi connectivity index (χ2v) is 6.17. The van der Waals surface area contributed by atoms with Crippen molar-refractivity contribution in [2.45, 2.75) is 46.0 Å². The van der Waals surface area contributed by atoms with Crippen molar-refractivity contribution in [1.29, 1.82) is 0 Å². The second kappa shape index (κ2) is 5.43. The van der Waals surface area contributed by atoms with Crippen LogP contribution in [0.4, 0.5) is 5.69 Å². The summed E-state index contributed by atoms with van der Waals surface area (Å²) >= 11 is 3.44. The quantitative estimate of drug-likeness (QED) is 0.864. The zero-order valence-electron chi connectivity index (χ0n) is 11.1. The van der Waals surface area contributed by atoms with E-state index in [0.717, 1.165) is 35.0 Å². The van der Waals surface area contributed by atoms with E-state index in [-0.39, 0.29) is 11.3 Å². The normalized spacial score (nSPS) is 17.7. The molecule has 1 aromatic rings. The van der Waals surface area contributed by atoms with Gasteiger partial charge in [-0.1, -0.05) is 35.7 Å². The van der Waals surface area contributed by atoms with Crippen LogP contribution < -0.4 is 5.32 Å². The molecule has 0 aliphatic heterocycles. The van der Waals surface area contributed by atoms with Crippen molar-refractivity contribution in [2.75, 3.05) is 5.32 Å². The standard InChI is InChI=1S/C15H20BrNO/c1-3-15(8-4-5-9-15)14(18)17-13-7-6-12(16)10-11(13)2/h6-7,10H,3-5,8-9H2,1-2H3,(H,17,18). The van der Waals surface area contributed by atoms with Gasteiger partial charge in [0.05, 0.1) is 0 Å². The number of carbonyl (C=O) groups is 1. The average molecular weight is 310 g/mol. The molecule has 0 spiro atoms. The molecule has 1 amide bonds. The maximum Gasteiger partial charge on any atom is 0.230 e. The Labute approximate surface area is 117 Å². The minimum Gasteiger partial charge on any atom is -0.325 e. The van der Waals surface area contributed by atoms with Gasteiger partial charge in [-0.05, 0) is 49.9 Å². The summed E-state index contributed by atoms with van der Waals surface area (Å²) in [6.07, 6.45) is 5.37. The second-order valence-electron chi connectivity index (χ2n) is 5.25. The molecule has 1 aromatic carbocycles. The van der Waals surface area contributed by atoms with E-state index < -0.39 is 0 Å². The molecule has 0 heterocycles. The predicted molar refractivity (Wildman–Crippen MR) is 78.7 cm³/mol. The first-order chi connectivity index (χ1) is 8.57. The molecule has 0 saturated heterocycles. The lowest BCUT2D eigenvalue weighted by Gasteiger charge is -2.26. The SMILES string of the molecule is CCC1(C(=O)Nc2ccc(Br)cc2C)CCCC1. The Morgan fingerprint density at radius 1 is 1.39 bits per heavy atom. The molecular weight excluding hydrogens is 290 g/mol. The number of hydrogen-bond acceptors (Lipinski definition) is 1. The minimum absolute atomic E-state index is 0.125. The molecule has 1 saturated carbocycles. The van der Waals surface area contributed by atoms with Crippen molar-refractivity contribution in [1.82, 2.24) is 0 Å². The molecule has 1 aliphatic rings. The molecule has 2 nitrogen and oxygen atoms in total. The number of hydrogen-bond donors (Lipinski definition) is 1. The Morgan fingerprint density at radius 3 is 2.61 bits per heavy atom. The third kappa shape index (κ3) is 2.61. The molecule has 1 aliphatic carbocycles. The predicted octanol–water partition coefficient (Wildman–Crippen LogP) is 4.67. The summed E-state index contributed by atoms with van der Waals surface area (Å²) in [6.45, 7) is 4.15. The molecule has 0 aromatic heterocycles. The van der Waals surface area contributed by atoms with Crippen LogP contribution >= 0.6 is 15.9 Å². The summed E-state index contributed by atoms with van der Waals surface area (Å²) in [7, 11) is 0. The van der Waals surface area contributed by atoms with Gasteiger partial charge in [0, 0.05) is 15.6 Å². The zero-order valence-corrected chi connectivity index (χ0v) is 12.6. The fraction of sp³-hybridized carbons (Fsp3) is 0.533. The molecule has 18 heavy (non-hydrogen) atoms. The average Bonchev–Trinajstić information content (AvgIpc) is 2.82. The van der Waals surface area contributed by atoms with E-state index in [1.54, 1.807) is 0 Å². The highest BCUT2D eigenvalue weighted by atomic mass is 79.9. The number of benzene rings is 1. The van der Waals surface area contributed by atoms with Crippen molar-refractivity contribution >= 4 is 27.5 Å². The minimum atomic E-state index is -0.125. The molecule has 1 N–H and O–H groups in total.